The van der Waals surface area contributed by atoms with Gasteiger partial charge in [0, 0.05) is 33.7 Å². The maximum Gasteiger partial charge on any atom is 0.242 e. The number of aliphatic imine (C=N–C) groups is 1. The van der Waals surface area contributed by atoms with Crippen LogP contribution in [0.1, 0.15) is 12.0 Å². The summed E-state index contributed by atoms with van der Waals surface area (Å²) in [6.45, 7) is 0.339. The van der Waals surface area contributed by atoms with Crippen molar-refractivity contribution < 1.29 is 14.0 Å². The van der Waals surface area contributed by atoms with Gasteiger partial charge in [-0.15, -0.1) is 0 Å². The molecular weight excluding hydrogens is 532 g/mol. The first-order valence-electron chi connectivity index (χ1n) is 10.6. The van der Waals surface area contributed by atoms with Crippen molar-refractivity contribution in [2.75, 3.05) is 11.9 Å². The van der Waals surface area contributed by atoms with Gasteiger partial charge in [0.05, 0.1) is 5.69 Å². The van der Waals surface area contributed by atoms with Gasteiger partial charge in [-0.3, -0.25) is 14.5 Å². The van der Waals surface area contributed by atoms with Crippen molar-refractivity contribution in [3.8, 4) is 0 Å². The molecule has 4 rings (SSSR count). The third-order valence-corrected chi connectivity index (χ3v) is 6.99. The highest BCUT2D eigenvalue weighted by Crippen LogP contribution is 2.32. The van der Waals surface area contributed by atoms with E-state index in [0.717, 1.165) is 5.56 Å². The first kappa shape index (κ1) is 25.5. The van der Waals surface area contributed by atoms with Crippen LogP contribution in [0, 0.1) is 5.82 Å². The van der Waals surface area contributed by atoms with Gasteiger partial charge in [0.15, 0.2) is 5.17 Å². The molecule has 10 heteroatoms. The summed E-state index contributed by atoms with van der Waals surface area (Å²) in [7, 11) is 0. The SMILES string of the molecule is O=C(CC1SC(=Nc2ccc(Cl)cc2)N(CCc2ccc(F)cc2)C1=O)Nc1cc(Cl)cc(Cl)c1. The Balaban J connectivity index is 1.50. The second-order valence-electron chi connectivity index (χ2n) is 7.75. The zero-order valence-corrected chi connectivity index (χ0v) is 21.3. The molecule has 1 N–H and O–H groups in total. The summed E-state index contributed by atoms with van der Waals surface area (Å²) in [5.74, 6) is -0.886. The van der Waals surface area contributed by atoms with Crippen LogP contribution in [0.25, 0.3) is 0 Å². The van der Waals surface area contributed by atoms with Crippen LogP contribution in [0.4, 0.5) is 15.8 Å². The molecule has 1 heterocycles. The van der Waals surface area contributed by atoms with E-state index in [4.69, 9.17) is 34.8 Å². The van der Waals surface area contributed by atoms with Crippen molar-refractivity contribution >= 4 is 74.9 Å². The molecule has 0 saturated carbocycles. The van der Waals surface area contributed by atoms with Crippen molar-refractivity contribution in [2.24, 2.45) is 4.99 Å². The van der Waals surface area contributed by atoms with Gasteiger partial charge >= 0.3 is 0 Å². The van der Waals surface area contributed by atoms with Gasteiger partial charge in [0.25, 0.3) is 0 Å². The maximum atomic E-state index is 13.3. The second-order valence-corrected chi connectivity index (χ2v) is 10.2. The van der Waals surface area contributed by atoms with Gasteiger partial charge in [-0.05, 0) is 66.6 Å². The third kappa shape index (κ3) is 6.98. The van der Waals surface area contributed by atoms with Crippen LogP contribution in [0.15, 0.2) is 71.7 Å². The van der Waals surface area contributed by atoms with E-state index < -0.39 is 5.25 Å². The highest BCUT2D eigenvalue weighted by atomic mass is 35.5. The third-order valence-electron chi connectivity index (χ3n) is 5.13. The predicted octanol–water partition coefficient (Wildman–Crippen LogP) is 6.99. The number of carbonyl (C=O) groups is 2. The van der Waals surface area contributed by atoms with Crippen LogP contribution < -0.4 is 5.32 Å². The molecule has 1 unspecified atom stereocenters. The fraction of sp³-hybridized carbons (Fsp3) is 0.160. The number of nitrogens with zero attached hydrogens (tertiary/aromatic N) is 2. The Morgan fingerprint density at radius 1 is 0.971 bits per heavy atom. The number of hydrogen-bond donors (Lipinski definition) is 1. The number of amidine groups is 1. The molecule has 1 saturated heterocycles. The largest absolute Gasteiger partial charge is 0.326 e. The zero-order valence-electron chi connectivity index (χ0n) is 18.2. The normalized spacial score (nSPS) is 16.7. The van der Waals surface area contributed by atoms with Gasteiger partial charge < -0.3 is 5.32 Å². The molecule has 0 radical (unpaired) electrons. The van der Waals surface area contributed by atoms with Crippen molar-refractivity contribution in [1.29, 1.82) is 0 Å². The minimum absolute atomic E-state index is 0.0552. The van der Waals surface area contributed by atoms with Gasteiger partial charge in [-0.25, -0.2) is 9.38 Å². The molecule has 1 atom stereocenters. The van der Waals surface area contributed by atoms with Gasteiger partial charge in [-0.2, -0.15) is 0 Å². The number of carbonyl (C=O) groups excluding carboxylic acids is 2. The van der Waals surface area contributed by atoms with E-state index in [9.17, 15) is 14.0 Å². The van der Waals surface area contributed by atoms with Crippen molar-refractivity contribution in [2.45, 2.75) is 18.1 Å². The summed E-state index contributed by atoms with van der Waals surface area (Å²) in [5, 5.41) is 3.94. The minimum Gasteiger partial charge on any atom is -0.326 e. The Morgan fingerprint density at radius 2 is 1.63 bits per heavy atom. The Kier molecular flexibility index (Phi) is 8.34. The average molecular weight is 551 g/mol. The fourth-order valence-electron chi connectivity index (χ4n) is 3.46. The molecule has 35 heavy (non-hydrogen) atoms. The number of anilines is 1. The Bertz CT molecular complexity index is 1250. The summed E-state index contributed by atoms with van der Waals surface area (Å²) >= 11 is 19.2. The van der Waals surface area contributed by atoms with E-state index in [0.29, 0.717) is 44.6 Å². The Labute approximate surface area is 221 Å². The zero-order chi connectivity index (χ0) is 24.9. The van der Waals surface area contributed by atoms with E-state index in [1.807, 2.05) is 0 Å². The van der Waals surface area contributed by atoms with Crippen LogP contribution >= 0.6 is 46.6 Å². The smallest absolute Gasteiger partial charge is 0.242 e. The van der Waals surface area contributed by atoms with Crippen molar-refractivity contribution in [1.82, 2.24) is 4.90 Å². The van der Waals surface area contributed by atoms with E-state index in [1.165, 1.54) is 23.9 Å². The number of nitrogens with one attached hydrogen (secondary N) is 1. The van der Waals surface area contributed by atoms with Crippen LogP contribution in [-0.2, 0) is 16.0 Å². The molecular formula is C25H19Cl3FN3O2S. The lowest BCUT2D eigenvalue weighted by atomic mass is 10.1. The Morgan fingerprint density at radius 3 is 2.29 bits per heavy atom. The molecule has 5 nitrogen and oxygen atoms in total. The molecule has 3 aromatic carbocycles. The van der Waals surface area contributed by atoms with Crippen LogP contribution in [0.3, 0.4) is 0 Å². The fourth-order valence-corrected chi connectivity index (χ4v) is 5.29. The van der Waals surface area contributed by atoms with Gasteiger partial charge in [-0.1, -0.05) is 58.7 Å². The molecule has 1 fully saturated rings. The molecule has 0 spiro atoms. The molecule has 0 aliphatic carbocycles. The van der Waals surface area contributed by atoms with Crippen LogP contribution in [0.2, 0.25) is 15.1 Å². The first-order valence-corrected chi connectivity index (χ1v) is 12.6. The number of thioether (sulfide) groups is 1. The van der Waals surface area contributed by atoms with Gasteiger partial charge in [0.1, 0.15) is 11.1 Å². The maximum absolute atomic E-state index is 13.3. The number of hydrogen-bond acceptors (Lipinski definition) is 4. The van der Waals surface area contributed by atoms with Crippen molar-refractivity contribution in [3.05, 3.63) is 93.2 Å². The standard InChI is InChI=1S/C25H19Cl3FN3O2S/c26-16-3-7-20(8-4-16)31-25-32(10-9-15-1-5-19(29)6-2-15)24(34)22(35-25)14-23(33)30-21-12-17(27)11-18(28)13-21/h1-8,11-13,22H,9-10,14H2,(H,30,33). The van der Waals surface area contributed by atoms with E-state index in [-0.39, 0.29) is 24.1 Å². The molecule has 180 valence electrons. The number of benzene rings is 3. The number of amides is 2. The summed E-state index contributed by atoms with van der Waals surface area (Å²) in [6.07, 6.45) is 0.451. The number of halogens is 4. The number of rotatable bonds is 7. The van der Waals surface area contributed by atoms with Crippen LogP contribution in [0.5, 0.6) is 0 Å². The highest BCUT2D eigenvalue weighted by molar-refractivity contribution is 8.15. The summed E-state index contributed by atoms with van der Waals surface area (Å²) in [6, 6.07) is 17.8. The predicted molar refractivity (Wildman–Crippen MR) is 141 cm³/mol. The highest BCUT2D eigenvalue weighted by Gasteiger charge is 2.39. The van der Waals surface area contributed by atoms with E-state index in [1.54, 1.807) is 59.5 Å². The van der Waals surface area contributed by atoms with E-state index >= 15 is 0 Å². The first-order chi connectivity index (χ1) is 16.8. The quantitative estimate of drug-likeness (QED) is 0.345. The van der Waals surface area contributed by atoms with E-state index in [2.05, 4.69) is 10.3 Å². The summed E-state index contributed by atoms with van der Waals surface area (Å²) < 4.78 is 13.2. The topological polar surface area (TPSA) is 61.8 Å². The molecule has 0 aromatic heterocycles. The molecule has 2 amide bonds. The molecule has 0 bridgehead atoms. The molecule has 3 aromatic rings. The summed E-state index contributed by atoms with van der Waals surface area (Å²) in [5.41, 5.74) is 1.97. The lowest BCUT2D eigenvalue weighted by Gasteiger charge is -2.16. The molecule has 1 aliphatic heterocycles. The minimum atomic E-state index is -0.649. The monoisotopic (exact) mass is 549 g/mol. The van der Waals surface area contributed by atoms with Gasteiger partial charge in [0.2, 0.25) is 11.8 Å². The lowest BCUT2D eigenvalue weighted by molar-refractivity contribution is -0.128. The Hall–Kier alpha value is -2.58. The van der Waals surface area contributed by atoms with Crippen molar-refractivity contribution in [3.63, 3.8) is 0 Å². The summed E-state index contributed by atoms with van der Waals surface area (Å²) in [4.78, 5) is 32.1. The van der Waals surface area contributed by atoms with Crippen LogP contribution in [-0.4, -0.2) is 33.7 Å². The lowest BCUT2D eigenvalue weighted by Crippen LogP contribution is -2.35. The molecule has 1 aliphatic rings. The second kappa shape index (κ2) is 11.4. The average Bonchev–Trinajstić information content (AvgIpc) is 3.08.